The Balaban J connectivity index is 1.27. The van der Waals surface area contributed by atoms with Crippen LogP contribution in [0.15, 0.2) is 18.7 Å². The van der Waals surface area contributed by atoms with E-state index in [9.17, 15) is 4.79 Å². The van der Waals surface area contributed by atoms with Crippen molar-refractivity contribution in [3.63, 3.8) is 0 Å². The summed E-state index contributed by atoms with van der Waals surface area (Å²) in [4.78, 5) is 17.4. The van der Waals surface area contributed by atoms with Crippen LogP contribution in [0.5, 0.6) is 0 Å². The monoisotopic (exact) mass is 402 g/mol. The Hall–Kier alpha value is -1.89. The van der Waals surface area contributed by atoms with Gasteiger partial charge in [0.15, 0.2) is 0 Å². The first-order valence-electron chi connectivity index (χ1n) is 10.3. The summed E-state index contributed by atoms with van der Waals surface area (Å²) >= 11 is 6.00. The summed E-state index contributed by atoms with van der Waals surface area (Å²) in [7, 11) is 0. The molecule has 1 amide bonds. The van der Waals surface area contributed by atoms with Crippen molar-refractivity contribution < 1.29 is 4.79 Å². The van der Waals surface area contributed by atoms with Crippen LogP contribution >= 0.6 is 11.6 Å². The predicted octanol–water partition coefficient (Wildman–Crippen LogP) is 2.94. The summed E-state index contributed by atoms with van der Waals surface area (Å²) in [6.07, 6.45) is 12.9. The Morgan fingerprint density at radius 3 is 2.75 bits per heavy atom. The molecule has 4 bridgehead atoms. The second-order valence-corrected chi connectivity index (χ2v) is 9.65. The molecule has 4 aliphatic carbocycles. The highest BCUT2D eigenvalue weighted by Crippen LogP contribution is 2.64. The van der Waals surface area contributed by atoms with Gasteiger partial charge in [0.2, 0.25) is 11.2 Å². The highest BCUT2D eigenvalue weighted by molar-refractivity contribution is 6.28. The lowest BCUT2D eigenvalue weighted by molar-refractivity contribution is -0.156. The maximum Gasteiger partial charge on any atom is 0.242 e. The third-order valence-corrected chi connectivity index (χ3v) is 7.25. The minimum Gasteiger partial charge on any atom is -0.356 e. The van der Waals surface area contributed by atoms with E-state index in [1.54, 1.807) is 6.33 Å². The topological polar surface area (TPSA) is 77.6 Å². The number of carbonyl (C=O) groups is 1. The van der Waals surface area contributed by atoms with Crippen LogP contribution < -0.4 is 5.32 Å². The average molecular weight is 403 g/mol. The molecular formula is C20H27ClN6O. The number of carbonyl (C=O) groups excluding carboxylic acids is 1. The van der Waals surface area contributed by atoms with Gasteiger partial charge in [-0.3, -0.25) is 9.48 Å². The first-order valence-corrected chi connectivity index (χ1v) is 10.7. The van der Waals surface area contributed by atoms with Crippen molar-refractivity contribution in [3.8, 4) is 0 Å². The van der Waals surface area contributed by atoms with Crippen molar-refractivity contribution in [2.24, 2.45) is 17.3 Å². The first-order chi connectivity index (χ1) is 13.5. The Bertz CT molecular complexity index is 875. The highest BCUT2D eigenvalue weighted by Gasteiger charge is 2.61. The molecule has 2 heterocycles. The number of halogens is 1. The van der Waals surface area contributed by atoms with Gasteiger partial charge in [-0.25, -0.2) is 9.67 Å². The minimum absolute atomic E-state index is 0.0891. The number of rotatable bonds is 6. The van der Waals surface area contributed by atoms with E-state index in [0.29, 0.717) is 23.7 Å². The maximum absolute atomic E-state index is 13.3. The molecule has 2 aromatic rings. The summed E-state index contributed by atoms with van der Waals surface area (Å²) in [6.45, 7) is 3.56. The second-order valence-electron chi connectivity index (χ2n) is 9.31. The molecule has 0 spiro atoms. The van der Waals surface area contributed by atoms with Crippen LogP contribution in [-0.4, -0.2) is 37.0 Å². The van der Waals surface area contributed by atoms with E-state index in [1.807, 2.05) is 28.7 Å². The van der Waals surface area contributed by atoms with Crippen LogP contribution in [0.4, 0.5) is 0 Å². The van der Waals surface area contributed by atoms with Crippen LogP contribution in [0.2, 0.25) is 5.28 Å². The molecule has 7 nitrogen and oxygen atoms in total. The zero-order valence-electron chi connectivity index (χ0n) is 16.3. The molecule has 150 valence electrons. The fraction of sp³-hybridized carbons (Fsp3) is 0.700. The number of aryl methyl sites for hydroxylation is 2. The van der Waals surface area contributed by atoms with E-state index in [2.05, 4.69) is 20.5 Å². The number of hydrogen-bond acceptors (Lipinski definition) is 4. The molecule has 0 saturated heterocycles. The quantitative estimate of drug-likeness (QED) is 0.753. The number of nitrogens with one attached hydrogen (secondary N) is 1. The summed E-state index contributed by atoms with van der Waals surface area (Å²) < 4.78 is 3.91. The van der Waals surface area contributed by atoms with Gasteiger partial charge >= 0.3 is 0 Å². The molecule has 4 saturated carbocycles. The molecule has 1 N–H and O–H groups in total. The third kappa shape index (κ3) is 3.04. The van der Waals surface area contributed by atoms with Gasteiger partial charge in [-0.2, -0.15) is 5.10 Å². The number of amides is 1. The minimum atomic E-state index is -0.259. The van der Waals surface area contributed by atoms with Crippen molar-refractivity contribution in [1.82, 2.24) is 29.9 Å². The van der Waals surface area contributed by atoms with Crippen LogP contribution in [0.1, 0.15) is 50.5 Å². The SMILES string of the molecule is Cc1cnn(CCCNC(=O)C23CC4CC(C2)CC(n2cnc(Cl)n2)(C4)C3)c1. The van der Waals surface area contributed by atoms with Crippen molar-refractivity contribution in [1.29, 1.82) is 0 Å². The Morgan fingerprint density at radius 2 is 2.11 bits per heavy atom. The van der Waals surface area contributed by atoms with Crippen LogP contribution in [0.25, 0.3) is 0 Å². The van der Waals surface area contributed by atoms with Gasteiger partial charge in [0, 0.05) is 19.3 Å². The van der Waals surface area contributed by atoms with Crippen molar-refractivity contribution >= 4 is 17.5 Å². The third-order valence-electron chi connectivity index (χ3n) is 7.07. The Morgan fingerprint density at radius 1 is 1.32 bits per heavy atom. The molecular weight excluding hydrogens is 376 g/mol. The maximum atomic E-state index is 13.3. The van der Waals surface area contributed by atoms with Gasteiger partial charge in [-0.1, -0.05) is 0 Å². The molecule has 2 aromatic heterocycles. The molecule has 4 fully saturated rings. The van der Waals surface area contributed by atoms with Crippen molar-refractivity contribution in [3.05, 3.63) is 29.6 Å². The molecule has 0 aromatic carbocycles. The van der Waals surface area contributed by atoms with E-state index in [-0.39, 0.29) is 16.9 Å². The van der Waals surface area contributed by atoms with Crippen molar-refractivity contribution in [2.45, 2.75) is 64.0 Å². The number of aromatic nitrogens is 5. The zero-order chi connectivity index (χ0) is 19.4. The van der Waals surface area contributed by atoms with Gasteiger partial charge in [0.1, 0.15) is 6.33 Å². The molecule has 0 radical (unpaired) electrons. The summed E-state index contributed by atoms with van der Waals surface area (Å²) in [5, 5.41) is 12.3. The molecule has 2 atom stereocenters. The average Bonchev–Trinajstić information content (AvgIpc) is 3.26. The molecule has 0 aliphatic heterocycles. The normalized spacial score (nSPS) is 33.4. The Labute approximate surface area is 169 Å². The van der Waals surface area contributed by atoms with Crippen LogP contribution in [0, 0.1) is 24.2 Å². The Kier molecular flexibility index (Phi) is 4.27. The fourth-order valence-electron chi connectivity index (χ4n) is 6.44. The molecule has 4 aliphatic rings. The molecule has 6 rings (SSSR count). The van der Waals surface area contributed by atoms with E-state index in [4.69, 9.17) is 11.6 Å². The van der Waals surface area contributed by atoms with E-state index >= 15 is 0 Å². The van der Waals surface area contributed by atoms with Gasteiger partial charge in [-0.05, 0) is 80.9 Å². The molecule has 2 unspecified atom stereocenters. The van der Waals surface area contributed by atoms with Gasteiger partial charge in [0.05, 0.1) is 17.2 Å². The number of hydrogen-bond donors (Lipinski definition) is 1. The van der Waals surface area contributed by atoms with Gasteiger partial charge < -0.3 is 5.32 Å². The smallest absolute Gasteiger partial charge is 0.242 e. The standard InChI is InChI=1S/C20H27ClN6O/c1-14-10-24-26(11-14)4-2-3-22-17(28)19-6-15-5-16(7-19)9-20(8-15,12-19)27-13-23-18(21)25-27/h10-11,13,15-16H,2-9,12H2,1H3,(H,22,28). The fourth-order valence-corrected chi connectivity index (χ4v) is 6.56. The lowest BCUT2D eigenvalue weighted by Gasteiger charge is -2.60. The molecule has 28 heavy (non-hydrogen) atoms. The van der Waals surface area contributed by atoms with Crippen molar-refractivity contribution in [2.75, 3.05) is 6.54 Å². The first kappa shape index (κ1) is 18.2. The van der Waals surface area contributed by atoms with Crippen LogP contribution in [-0.2, 0) is 16.9 Å². The lowest BCUT2D eigenvalue weighted by Crippen LogP contribution is -2.61. The second kappa shape index (κ2) is 6.58. The largest absolute Gasteiger partial charge is 0.356 e. The lowest BCUT2D eigenvalue weighted by atomic mass is 9.46. The van der Waals surface area contributed by atoms with E-state index < -0.39 is 0 Å². The van der Waals surface area contributed by atoms with E-state index in [1.165, 1.54) is 6.42 Å². The van der Waals surface area contributed by atoms with Gasteiger partial charge in [0.25, 0.3) is 0 Å². The van der Waals surface area contributed by atoms with Gasteiger partial charge in [-0.15, -0.1) is 5.10 Å². The summed E-state index contributed by atoms with van der Waals surface area (Å²) in [5.74, 6) is 1.43. The summed E-state index contributed by atoms with van der Waals surface area (Å²) in [6, 6.07) is 0. The summed E-state index contributed by atoms with van der Waals surface area (Å²) in [5.41, 5.74) is 0.815. The van der Waals surface area contributed by atoms with E-state index in [0.717, 1.165) is 50.6 Å². The predicted molar refractivity (Wildman–Crippen MR) is 105 cm³/mol. The number of nitrogens with zero attached hydrogens (tertiary/aromatic N) is 5. The highest BCUT2D eigenvalue weighted by atomic mass is 35.5. The zero-order valence-corrected chi connectivity index (χ0v) is 17.0. The molecule has 8 heteroatoms. The van der Waals surface area contributed by atoms with Crippen LogP contribution in [0.3, 0.4) is 0 Å².